The summed E-state index contributed by atoms with van der Waals surface area (Å²) in [5.74, 6) is 1.18. The molecule has 0 spiro atoms. The third-order valence-corrected chi connectivity index (χ3v) is 6.78. The van der Waals surface area contributed by atoms with Crippen molar-refractivity contribution >= 4 is 29.1 Å². The van der Waals surface area contributed by atoms with E-state index < -0.39 is 0 Å². The molecule has 0 aliphatic heterocycles. The van der Waals surface area contributed by atoms with E-state index in [1.807, 2.05) is 54.6 Å². The van der Waals surface area contributed by atoms with E-state index in [0.29, 0.717) is 38.8 Å². The predicted octanol–water partition coefficient (Wildman–Crippen LogP) is 6.24. The highest BCUT2D eigenvalue weighted by atomic mass is 32.2. The standard InChI is InChI=1S/C30H25N3O4S/c1-19(34)20-4-10-23(11-5-20)32-29(35)18-38-30-27(17-31)26(21-6-12-24(36-2)13-7-21)16-28(33-30)22-8-14-25(37-3)15-9-22/h4-16H,18H2,1-3H3,(H,32,35). The number of amides is 1. The second kappa shape index (κ2) is 12.1. The third kappa shape index (κ3) is 6.20. The molecule has 4 aromatic rings. The highest BCUT2D eigenvalue weighted by Gasteiger charge is 2.17. The first-order valence-electron chi connectivity index (χ1n) is 11.7. The molecule has 1 aromatic heterocycles. The Hall–Kier alpha value is -4.61. The smallest absolute Gasteiger partial charge is 0.234 e. The zero-order valence-electron chi connectivity index (χ0n) is 21.1. The van der Waals surface area contributed by atoms with Crippen LogP contribution in [0.25, 0.3) is 22.4 Å². The van der Waals surface area contributed by atoms with E-state index in [1.165, 1.54) is 18.7 Å². The van der Waals surface area contributed by atoms with Crippen molar-refractivity contribution in [1.29, 1.82) is 5.26 Å². The van der Waals surface area contributed by atoms with Gasteiger partial charge in [0, 0.05) is 22.4 Å². The molecule has 0 radical (unpaired) electrons. The quantitative estimate of drug-likeness (QED) is 0.205. The molecule has 8 heteroatoms. The lowest BCUT2D eigenvalue weighted by atomic mass is 9.99. The molecular weight excluding hydrogens is 498 g/mol. The van der Waals surface area contributed by atoms with Crippen molar-refractivity contribution in [3.05, 3.63) is 90.0 Å². The molecule has 190 valence electrons. The molecule has 0 bridgehead atoms. The number of ether oxygens (including phenoxy) is 2. The van der Waals surface area contributed by atoms with Gasteiger partial charge in [-0.15, -0.1) is 0 Å². The van der Waals surface area contributed by atoms with Gasteiger partial charge in [-0.2, -0.15) is 5.26 Å². The van der Waals surface area contributed by atoms with Gasteiger partial charge >= 0.3 is 0 Å². The van der Waals surface area contributed by atoms with Gasteiger partial charge in [0.05, 0.1) is 31.2 Å². The lowest BCUT2D eigenvalue weighted by molar-refractivity contribution is -0.113. The summed E-state index contributed by atoms with van der Waals surface area (Å²) in [6, 6.07) is 25.8. The van der Waals surface area contributed by atoms with Crippen molar-refractivity contribution in [3.63, 3.8) is 0 Å². The van der Waals surface area contributed by atoms with E-state index in [-0.39, 0.29) is 17.4 Å². The third-order valence-electron chi connectivity index (χ3n) is 5.80. The molecule has 3 aromatic carbocycles. The number of nitriles is 1. The summed E-state index contributed by atoms with van der Waals surface area (Å²) in [5.41, 5.74) is 4.59. The fourth-order valence-electron chi connectivity index (χ4n) is 3.76. The molecule has 38 heavy (non-hydrogen) atoms. The Labute approximate surface area is 225 Å². The maximum absolute atomic E-state index is 12.7. The van der Waals surface area contributed by atoms with Crippen LogP contribution in [0.4, 0.5) is 5.69 Å². The minimum absolute atomic E-state index is 0.0436. The molecule has 1 N–H and O–H groups in total. The van der Waals surface area contributed by atoms with E-state index in [1.54, 1.807) is 38.5 Å². The van der Waals surface area contributed by atoms with Crippen LogP contribution in [-0.4, -0.2) is 36.6 Å². The SMILES string of the molecule is COc1ccc(-c2cc(-c3ccc(OC)cc3)c(C#N)c(SCC(=O)Nc3ccc(C(C)=O)cc3)n2)cc1. The Morgan fingerprint density at radius 1 is 0.895 bits per heavy atom. The fraction of sp³-hybridized carbons (Fsp3) is 0.133. The molecule has 0 aliphatic carbocycles. The number of anilines is 1. The molecular formula is C30H25N3O4S. The van der Waals surface area contributed by atoms with Gasteiger partial charge in [0.1, 0.15) is 22.6 Å². The number of Topliss-reactive ketones (excluding diaryl/α,β-unsaturated/α-hetero) is 1. The number of ketones is 1. The molecule has 0 saturated carbocycles. The summed E-state index contributed by atoms with van der Waals surface area (Å²) >= 11 is 1.19. The first-order chi connectivity index (χ1) is 18.4. The molecule has 0 atom stereocenters. The van der Waals surface area contributed by atoms with Gasteiger partial charge in [-0.3, -0.25) is 9.59 Å². The molecule has 4 rings (SSSR count). The highest BCUT2D eigenvalue weighted by Crippen LogP contribution is 2.35. The Morgan fingerprint density at radius 2 is 1.47 bits per heavy atom. The Balaban J connectivity index is 1.65. The molecule has 0 saturated heterocycles. The summed E-state index contributed by atoms with van der Waals surface area (Å²) < 4.78 is 10.5. The molecule has 0 aliphatic rings. The van der Waals surface area contributed by atoms with Crippen molar-refractivity contribution in [3.8, 4) is 40.0 Å². The van der Waals surface area contributed by atoms with Gasteiger partial charge in [-0.25, -0.2) is 4.98 Å². The van der Waals surface area contributed by atoms with Crippen molar-refractivity contribution in [2.24, 2.45) is 0 Å². The minimum atomic E-state index is -0.253. The van der Waals surface area contributed by atoms with Crippen LogP contribution >= 0.6 is 11.8 Å². The van der Waals surface area contributed by atoms with Gasteiger partial charge < -0.3 is 14.8 Å². The van der Waals surface area contributed by atoms with Crippen LogP contribution in [-0.2, 0) is 4.79 Å². The zero-order valence-corrected chi connectivity index (χ0v) is 22.0. The Morgan fingerprint density at radius 3 is 2.00 bits per heavy atom. The second-order valence-corrected chi connectivity index (χ2v) is 9.24. The molecule has 7 nitrogen and oxygen atoms in total. The van der Waals surface area contributed by atoms with Crippen LogP contribution in [0, 0.1) is 11.3 Å². The van der Waals surface area contributed by atoms with E-state index in [0.717, 1.165) is 16.9 Å². The van der Waals surface area contributed by atoms with Crippen LogP contribution in [0.3, 0.4) is 0 Å². The summed E-state index contributed by atoms with van der Waals surface area (Å²) in [7, 11) is 3.20. The van der Waals surface area contributed by atoms with Gasteiger partial charge in [-0.1, -0.05) is 23.9 Å². The first-order valence-corrected chi connectivity index (χ1v) is 12.7. The number of nitrogens with one attached hydrogen (secondary N) is 1. The zero-order chi connectivity index (χ0) is 27.1. The van der Waals surface area contributed by atoms with Crippen molar-refractivity contribution in [2.45, 2.75) is 11.9 Å². The van der Waals surface area contributed by atoms with Crippen LogP contribution in [0.15, 0.2) is 83.9 Å². The van der Waals surface area contributed by atoms with E-state index in [9.17, 15) is 14.9 Å². The van der Waals surface area contributed by atoms with Crippen molar-refractivity contribution in [1.82, 2.24) is 4.98 Å². The summed E-state index contributed by atoms with van der Waals surface area (Å²) in [4.78, 5) is 29.0. The Kier molecular flexibility index (Phi) is 8.41. The van der Waals surface area contributed by atoms with Crippen LogP contribution in [0.5, 0.6) is 11.5 Å². The van der Waals surface area contributed by atoms with E-state index in [2.05, 4.69) is 11.4 Å². The topological polar surface area (TPSA) is 101 Å². The number of carbonyl (C=O) groups excluding carboxylic acids is 2. The number of rotatable bonds is 9. The monoisotopic (exact) mass is 523 g/mol. The number of hydrogen-bond acceptors (Lipinski definition) is 7. The number of methoxy groups -OCH3 is 2. The number of nitrogens with zero attached hydrogens (tertiary/aromatic N) is 2. The number of carbonyl (C=O) groups is 2. The van der Waals surface area contributed by atoms with Gasteiger partial charge in [0.15, 0.2) is 5.78 Å². The van der Waals surface area contributed by atoms with Gasteiger partial charge in [0.25, 0.3) is 0 Å². The van der Waals surface area contributed by atoms with E-state index >= 15 is 0 Å². The average Bonchev–Trinajstić information content (AvgIpc) is 2.96. The molecule has 0 fully saturated rings. The maximum Gasteiger partial charge on any atom is 0.234 e. The van der Waals surface area contributed by atoms with Crippen molar-refractivity contribution in [2.75, 3.05) is 25.3 Å². The summed E-state index contributed by atoms with van der Waals surface area (Å²) in [5, 5.41) is 13.4. The largest absolute Gasteiger partial charge is 0.497 e. The second-order valence-electron chi connectivity index (χ2n) is 8.27. The number of thioether (sulfide) groups is 1. The highest BCUT2D eigenvalue weighted by molar-refractivity contribution is 8.00. The van der Waals surface area contributed by atoms with Gasteiger partial charge in [0.2, 0.25) is 5.91 Å². The molecule has 0 unspecified atom stereocenters. The Bertz CT molecular complexity index is 1490. The average molecular weight is 524 g/mol. The number of aromatic nitrogens is 1. The minimum Gasteiger partial charge on any atom is -0.497 e. The lowest BCUT2D eigenvalue weighted by Crippen LogP contribution is -2.14. The fourth-order valence-corrected chi connectivity index (χ4v) is 4.56. The molecule has 1 heterocycles. The van der Waals surface area contributed by atoms with Gasteiger partial charge in [-0.05, 0) is 79.2 Å². The van der Waals surface area contributed by atoms with E-state index in [4.69, 9.17) is 14.5 Å². The van der Waals surface area contributed by atoms with Crippen LogP contribution < -0.4 is 14.8 Å². The van der Waals surface area contributed by atoms with Crippen LogP contribution in [0.2, 0.25) is 0 Å². The van der Waals surface area contributed by atoms with Crippen LogP contribution in [0.1, 0.15) is 22.8 Å². The number of hydrogen-bond donors (Lipinski definition) is 1. The lowest BCUT2D eigenvalue weighted by Gasteiger charge is -2.13. The number of pyridine rings is 1. The maximum atomic E-state index is 12.7. The summed E-state index contributed by atoms with van der Waals surface area (Å²) in [6.07, 6.45) is 0. The predicted molar refractivity (Wildman–Crippen MR) is 149 cm³/mol. The number of benzene rings is 3. The molecule has 1 amide bonds. The first kappa shape index (κ1) is 26.5. The summed E-state index contributed by atoms with van der Waals surface area (Å²) in [6.45, 7) is 1.49. The normalized spacial score (nSPS) is 10.4. The van der Waals surface area contributed by atoms with Crippen molar-refractivity contribution < 1.29 is 19.1 Å².